The Morgan fingerprint density at radius 1 is 0.677 bits per heavy atom. The number of aliphatic imine (C=N–C) groups is 2. The van der Waals surface area contributed by atoms with Crippen LogP contribution in [0.1, 0.15) is 82.8 Å². The van der Waals surface area contributed by atoms with E-state index in [1.54, 1.807) is 43.3 Å². The zero-order valence-electron chi connectivity index (χ0n) is 34.6. The van der Waals surface area contributed by atoms with Crippen molar-refractivity contribution in [3.63, 3.8) is 0 Å². The van der Waals surface area contributed by atoms with E-state index in [4.69, 9.17) is 61.1 Å². The summed E-state index contributed by atoms with van der Waals surface area (Å²) in [5.41, 5.74) is 2.16. The number of carbonyl (C=O) groups is 2. The fraction of sp³-hybridized carbons (Fsp3) is 0.304. The molecule has 4 atom stereocenters. The van der Waals surface area contributed by atoms with Gasteiger partial charge in [0.05, 0.1) is 18.7 Å². The topological polar surface area (TPSA) is 94.8 Å². The summed E-state index contributed by atoms with van der Waals surface area (Å²) in [6, 6.07) is 23.1. The van der Waals surface area contributed by atoms with Crippen molar-refractivity contribution < 1.29 is 28.2 Å². The fourth-order valence-electron chi connectivity index (χ4n) is 8.51. The standard InChI is InChI=1S/C24H23Cl2FN2O2S.C22H19Cl2FN2O2S/c1-5-31-22(30)20-19(13(2)3)29-21(14-6-8-15(25)9-7-14)24(4,28-23(29)32-20)17-11-10-16(26)12-18(17)27;1-11(2)17-18(20(28)29)30-21-26-22(3,15-9-8-14(24)10-16(15)25)19(27(17)21)12-4-6-13(23)7-5-12/h6-13,21H,5H2,1-4H3;4-11,19H,1-3H3,(H,28,29). The molecule has 1 N–H and O–H groups in total. The van der Waals surface area contributed by atoms with E-state index in [2.05, 4.69) is 4.90 Å². The number of carbonyl (C=O) groups excluding carboxylic acids is 1. The van der Waals surface area contributed by atoms with E-state index in [1.165, 1.54) is 23.9 Å². The number of carboxylic acid groups (broad SMARTS) is 1. The first-order valence-corrected chi connectivity index (χ1v) is 22.9. The molecular weight excluding hydrogens is 916 g/mol. The van der Waals surface area contributed by atoms with Gasteiger partial charge in [0, 0.05) is 42.6 Å². The van der Waals surface area contributed by atoms with Crippen LogP contribution in [0.5, 0.6) is 0 Å². The predicted octanol–water partition coefficient (Wildman–Crippen LogP) is 13.4. The minimum Gasteiger partial charge on any atom is -0.477 e. The molecule has 4 heterocycles. The number of ether oxygens (including phenoxy) is 1. The van der Waals surface area contributed by atoms with Gasteiger partial charge < -0.3 is 19.6 Å². The van der Waals surface area contributed by atoms with Crippen molar-refractivity contribution in [3.05, 3.63) is 160 Å². The predicted molar refractivity (Wildman–Crippen MR) is 248 cm³/mol. The van der Waals surface area contributed by atoms with Crippen molar-refractivity contribution in [1.29, 1.82) is 0 Å². The number of halogens is 6. The zero-order valence-corrected chi connectivity index (χ0v) is 39.3. The fourth-order valence-corrected chi connectivity index (χ4v) is 11.6. The molecule has 4 aromatic carbocycles. The molecule has 0 bridgehead atoms. The molecule has 0 saturated heterocycles. The van der Waals surface area contributed by atoms with Crippen LogP contribution in [0, 0.1) is 23.5 Å². The van der Waals surface area contributed by atoms with Crippen molar-refractivity contribution >= 4 is 92.2 Å². The number of fused-ring (bicyclic) bond motifs is 2. The third-order valence-corrected chi connectivity index (χ3v) is 14.2. The molecule has 0 aromatic heterocycles. The average molecular weight is 959 g/mol. The summed E-state index contributed by atoms with van der Waals surface area (Å²) in [7, 11) is 0. The van der Waals surface area contributed by atoms with Gasteiger partial charge in [-0.1, -0.05) is 110 Å². The Bertz CT molecular complexity index is 2590. The van der Waals surface area contributed by atoms with Crippen LogP contribution in [0.15, 0.2) is 116 Å². The van der Waals surface area contributed by atoms with Crippen molar-refractivity contribution in [2.75, 3.05) is 6.61 Å². The molecule has 0 radical (unpaired) electrons. The second kappa shape index (κ2) is 17.9. The first-order chi connectivity index (χ1) is 29.3. The number of esters is 1. The van der Waals surface area contributed by atoms with E-state index in [9.17, 15) is 14.7 Å². The molecule has 0 fully saturated rings. The Labute approximate surface area is 388 Å². The van der Waals surface area contributed by atoms with Crippen molar-refractivity contribution in [2.24, 2.45) is 21.8 Å². The Morgan fingerprint density at radius 3 is 1.40 bits per heavy atom. The lowest BCUT2D eigenvalue weighted by Crippen LogP contribution is -2.36. The van der Waals surface area contributed by atoms with Crippen LogP contribution in [0.3, 0.4) is 0 Å². The Hall–Kier alpha value is -4.04. The van der Waals surface area contributed by atoms with Crippen molar-refractivity contribution in [1.82, 2.24) is 9.80 Å². The van der Waals surface area contributed by atoms with Crippen LogP contribution >= 0.6 is 69.9 Å². The molecule has 0 spiro atoms. The maximum atomic E-state index is 15.2. The summed E-state index contributed by atoms with van der Waals surface area (Å²) in [6.45, 7) is 13.8. The molecule has 4 aliphatic heterocycles. The number of aliphatic carboxylic acids is 1. The highest BCUT2D eigenvalue weighted by atomic mass is 35.5. The summed E-state index contributed by atoms with van der Waals surface area (Å²) in [6.07, 6.45) is 0. The minimum atomic E-state index is -0.991. The van der Waals surface area contributed by atoms with E-state index in [-0.39, 0.29) is 35.4 Å². The van der Waals surface area contributed by atoms with E-state index < -0.39 is 34.7 Å². The van der Waals surface area contributed by atoms with Gasteiger partial charge in [0.1, 0.15) is 32.5 Å². The van der Waals surface area contributed by atoms with Gasteiger partial charge in [-0.15, -0.1) is 0 Å². The smallest absolute Gasteiger partial charge is 0.346 e. The van der Waals surface area contributed by atoms with Gasteiger partial charge in [-0.05, 0) is 116 Å². The largest absolute Gasteiger partial charge is 0.477 e. The number of thioether (sulfide) groups is 2. The third-order valence-electron chi connectivity index (χ3n) is 11.1. The van der Waals surface area contributed by atoms with Gasteiger partial charge in [-0.2, -0.15) is 0 Å². The Kier molecular flexibility index (Phi) is 13.2. The minimum absolute atomic E-state index is 0.0156. The summed E-state index contributed by atoms with van der Waals surface area (Å²) in [5, 5.41) is 12.8. The normalized spacial score (nSPS) is 22.8. The molecule has 4 aromatic rings. The van der Waals surface area contributed by atoms with Gasteiger partial charge in [-0.3, -0.25) is 0 Å². The van der Waals surface area contributed by atoms with E-state index in [1.807, 2.05) is 82.8 Å². The Balaban J connectivity index is 0.000000187. The SMILES string of the molecule is CC(C)C1=C(C(=O)O)SC2=NC(C)(c3ccc(Cl)cc3F)C(c3ccc(Cl)cc3)N21.CCOC(=O)C1=C(C(C)C)N2C(=NC(C)(c3ccc(Cl)cc3F)C2c2ccc(Cl)cc2)S1. The maximum Gasteiger partial charge on any atom is 0.346 e. The number of rotatable bonds is 9. The number of carboxylic acids is 1. The molecule has 0 aliphatic carbocycles. The number of hydrogen-bond acceptors (Lipinski definition) is 9. The molecule has 4 unspecified atom stereocenters. The van der Waals surface area contributed by atoms with Crippen molar-refractivity contribution in [3.8, 4) is 0 Å². The molecule has 8 rings (SSSR count). The zero-order chi connectivity index (χ0) is 45.0. The van der Waals surface area contributed by atoms with Crippen LogP contribution < -0.4 is 0 Å². The molecule has 8 nitrogen and oxygen atoms in total. The van der Waals surface area contributed by atoms with E-state index in [0.717, 1.165) is 28.6 Å². The summed E-state index contributed by atoms with van der Waals surface area (Å²) < 4.78 is 35.5. The lowest BCUT2D eigenvalue weighted by Gasteiger charge is -2.37. The molecule has 4 aliphatic rings. The summed E-state index contributed by atoms with van der Waals surface area (Å²) in [4.78, 5) is 39.3. The van der Waals surface area contributed by atoms with Gasteiger partial charge in [0.25, 0.3) is 0 Å². The summed E-state index contributed by atoms with van der Waals surface area (Å²) in [5.74, 6) is -2.28. The highest BCUT2D eigenvalue weighted by Crippen LogP contribution is 2.58. The van der Waals surface area contributed by atoms with Gasteiger partial charge in [0.15, 0.2) is 10.3 Å². The van der Waals surface area contributed by atoms with E-state index >= 15 is 8.78 Å². The number of amidine groups is 2. The number of allylic oxidation sites excluding steroid dienone is 2. The monoisotopic (exact) mass is 956 g/mol. The average Bonchev–Trinajstić information content (AvgIpc) is 3.91. The third kappa shape index (κ3) is 8.27. The van der Waals surface area contributed by atoms with Gasteiger partial charge in [0.2, 0.25) is 0 Å². The lowest BCUT2D eigenvalue weighted by atomic mass is 9.80. The second-order valence-electron chi connectivity index (χ2n) is 15.9. The van der Waals surface area contributed by atoms with Crippen LogP contribution in [-0.2, 0) is 25.4 Å². The van der Waals surface area contributed by atoms with Gasteiger partial charge in [-0.25, -0.2) is 28.4 Å². The maximum absolute atomic E-state index is 15.2. The van der Waals surface area contributed by atoms with Crippen molar-refractivity contribution in [2.45, 2.75) is 71.6 Å². The molecule has 62 heavy (non-hydrogen) atoms. The first kappa shape index (κ1) is 46.0. The quantitative estimate of drug-likeness (QED) is 0.166. The van der Waals surface area contributed by atoms with E-state index in [0.29, 0.717) is 52.2 Å². The van der Waals surface area contributed by atoms with Crippen LogP contribution in [0.4, 0.5) is 8.78 Å². The van der Waals surface area contributed by atoms with Gasteiger partial charge >= 0.3 is 11.9 Å². The number of nitrogens with zero attached hydrogens (tertiary/aromatic N) is 4. The Morgan fingerprint density at radius 2 is 1.05 bits per heavy atom. The second-order valence-corrected chi connectivity index (χ2v) is 19.6. The lowest BCUT2D eigenvalue weighted by molar-refractivity contribution is -0.137. The molecule has 0 saturated carbocycles. The highest BCUT2D eigenvalue weighted by Gasteiger charge is 2.55. The van der Waals surface area contributed by atoms with Crippen LogP contribution in [0.25, 0.3) is 0 Å². The van der Waals surface area contributed by atoms with Crippen LogP contribution in [-0.4, -0.2) is 43.8 Å². The highest BCUT2D eigenvalue weighted by molar-refractivity contribution is 8.18. The number of benzene rings is 4. The van der Waals surface area contributed by atoms with Crippen LogP contribution in [0.2, 0.25) is 20.1 Å². The molecule has 324 valence electrons. The number of hydrogen-bond donors (Lipinski definition) is 1. The summed E-state index contributed by atoms with van der Waals surface area (Å²) >= 11 is 26.6. The molecule has 0 amide bonds. The molecular formula is C46H42Cl4F2N4O4S2. The molecule has 16 heteroatoms. The first-order valence-electron chi connectivity index (χ1n) is 19.7.